The largest absolute Gasteiger partial charge is 0.382 e. The van der Waals surface area contributed by atoms with Crippen molar-refractivity contribution in [3.63, 3.8) is 0 Å². The molecule has 5 nitrogen and oxygen atoms in total. The van der Waals surface area contributed by atoms with Crippen molar-refractivity contribution in [1.82, 2.24) is 14.3 Å². The summed E-state index contributed by atoms with van der Waals surface area (Å²) >= 11 is 3.00. The van der Waals surface area contributed by atoms with Crippen LogP contribution in [0.1, 0.15) is 12.6 Å². The lowest BCUT2D eigenvalue weighted by Crippen LogP contribution is -2.31. The van der Waals surface area contributed by atoms with E-state index in [-0.39, 0.29) is 0 Å². The number of hydrogen-bond donors (Lipinski definition) is 2. The Morgan fingerprint density at radius 2 is 2.21 bits per heavy atom. The SMILES string of the molecule is Cc1csc(-c2c(N)nsc2NCC(C)N(C)C)n1. The zero-order valence-electron chi connectivity index (χ0n) is 11.6. The molecule has 1 unspecified atom stereocenters. The molecule has 3 N–H and O–H groups in total. The Hall–Kier alpha value is -1.18. The number of hydrogen-bond acceptors (Lipinski definition) is 7. The van der Waals surface area contributed by atoms with Crippen LogP contribution in [-0.4, -0.2) is 40.9 Å². The molecular weight excluding hydrogens is 278 g/mol. The van der Waals surface area contributed by atoms with E-state index in [9.17, 15) is 0 Å². The first-order chi connectivity index (χ1) is 8.99. The summed E-state index contributed by atoms with van der Waals surface area (Å²) in [6.07, 6.45) is 0. The van der Waals surface area contributed by atoms with Crippen LogP contribution in [0.4, 0.5) is 10.8 Å². The van der Waals surface area contributed by atoms with Crippen molar-refractivity contribution in [3.8, 4) is 10.6 Å². The van der Waals surface area contributed by atoms with Gasteiger partial charge in [0, 0.05) is 23.7 Å². The fourth-order valence-corrected chi connectivity index (χ4v) is 3.16. The highest BCUT2D eigenvalue weighted by Crippen LogP contribution is 2.38. The van der Waals surface area contributed by atoms with Crippen molar-refractivity contribution in [2.45, 2.75) is 19.9 Å². The molecule has 0 saturated heterocycles. The van der Waals surface area contributed by atoms with Crippen LogP contribution in [0.25, 0.3) is 10.6 Å². The van der Waals surface area contributed by atoms with Crippen LogP contribution >= 0.6 is 22.9 Å². The highest BCUT2D eigenvalue weighted by atomic mass is 32.1. The Kier molecular flexibility index (Phi) is 4.38. The quantitative estimate of drug-likeness (QED) is 0.887. The molecule has 104 valence electrons. The number of nitrogens with two attached hydrogens (primary N) is 1. The van der Waals surface area contributed by atoms with Crippen molar-refractivity contribution < 1.29 is 0 Å². The molecule has 2 aromatic rings. The first-order valence-electron chi connectivity index (χ1n) is 6.07. The Labute approximate surface area is 121 Å². The minimum atomic E-state index is 0.439. The lowest BCUT2D eigenvalue weighted by molar-refractivity contribution is 0.326. The minimum Gasteiger partial charge on any atom is -0.382 e. The van der Waals surface area contributed by atoms with Crippen LogP contribution in [-0.2, 0) is 0 Å². The van der Waals surface area contributed by atoms with Gasteiger partial charge in [-0.2, -0.15) is 4.37 Å². The molecule has 0 aliphatic heterocycles. The third-order valence-corrected chi connectivity index (χ3v) is 4.79. The van der Waals surface area contributed by atoms with Crippen LogP contribution in [0.3, 0.4) is 0 Å². The summed E-state index contributed by atoms with van der Waals surface area (Å²) in [6, 6.07) is 0.439. The maximum absolute atomic E-state index is 5.96. The molecule has 7 heteroatoms. The molecule has 1 atom stereocenters. The molecule has 0 aliphatic rings. The molecule has 0 aromatic carbocycles. The number of nitrogen functional groups attached to an aromatic ring is 1. The van der Waals surface area contributed by atoms with Gasteiger partial charge in [0.05, 0.1) is 5.56 Å². The normalized spacial score (nSPS) is 12.9. The van der Waals surface area contributed by atoms with Crippen LogP contribution in [0.5, 0.6) is 0 Å². The fraction of sp³-hybridized carbons (Fsp3) is 0.500. The molecule has 2 rings (SSSR count). The zero-order valence-corrected chi connectivity index (χ0v) is 13.2. The van der Waals surface area contributed by atoms with Crippen LogP contribution in [0, 0.1) is 6.92 Å². The number of aromatic nitrogens is 2. The summed E-state index contributed by atoms with van der Waals surface area (Å²) in [5.74, 6) is 0.555. The standard InChI is InChI=1S/C12H19N5S2/c1-7-6-18-12(15-7)9-10(13)16-19-11(9)14-5-8(2)17(3)4/h6,8,14H,5H2,1-4H3,(H2,13,16). The Bertz CT molecular complexity index is 546. The number of aryl methyl sites for hydroxylation is 1. The predicted molar refractivity (Wildman–Crippen MR) is 84.0 cm³/mol. The second-order valence-electron chi connectivity index (χ2n) is 4.76. The number of anilines is 2. The maximum Gasteiger partial charge on any atom is 0.149 e. The van der Waals surface area contributed by atoms with Crippen molar-refractivity contribution in [2.24, 2.45) is 0 Å². The van der Waals surface area contributed by atoms with Gasteiger partial charge in [0.2, 0.25) is 0 Å². The second kappa shape index (κ2) is 5.85. The molecule has 0 amide bonds. The Balaban J connectivity index is 2.18. The highest BCUT2D eigenvalue weighted by Gasteiger charge is 2.17. The van der Waals surface area contributed by atoms with Crippen molar-refractivity contribution >= 4 is 33.7 Å². The Morgan fingerprint density at radius 3 is 2.79 bits per heavy atom. The topological polar surface area (TPSA) is 67.1 Å². The molecule has 2 aromatic heterocycles. The molecule has 0 saturated carbocycles. The molecule has 0 radical (unpaired) electrons. The van der Waals surface area contributed by atoms with Crippen molar-refractivity contribution in [2.75, 3.05) is 31.7 Å². The number of nitrogens with zero attached hydrogens (tertiary/aromatic N) is 3. The highest BCUT2D eigenvalue weighted by molar-refractivity contribution is 7.15. The summed E-state index contributed by atoms with van der Waals surface area (Å²) in [5, 5.41) is 7.38. The van der Waals surface area contributed by atoms with Gasteiger partial charge in [-0.25, -0.2) is 4.98 Å². The lowest BCUT2D eigenvalue weighted by Gasteiger charge is -2.20. The number of likely N-dealkylation sites (N-methyl/N-ethyl adjacent to an activating group) is 1. The van der Waals surface area contributed by atoms with Gasteiger partial charge in [-0.05, 0) is 39.5 Å². The molecular formula is C12H19N5S2. The summed E-state index contributed by atoms with van der Waals surface area (Å²) < 4.78 is 4.24. The van der Waals surface area contributed by atoms with Gasteiger partial charge in [0.1, 0.15) is 15.8 Å². The molecule has 0 fully saturated rings. The maximum atomic E-state index is 5.96. The first-order valence-corrected chi connectivity index (χ1v) is 7.72. The van der Waals surface area contributed by atoms with E-state index in [1.54, 1.807) is 11.3 Å². The third-order valence-electron chi connectivity index (χ3n) is 2.99. The summed E-state index contributed by atoms with van der Waals surface area (Å²) in [5.41, 5.74) is 7.92. The minimum absolute atomic E-state index is 0.439. The predicted octanol–water partition coefficient (Wildman–Crippen LogP) is 2.52. The van der Waals surface area contributed by atoms with E-state index in [0.717, 1.165) is 27.8 Å². The van der Waals surface area contributed by atoms with E-state index >= 15 is 0 Å². The van der Waals surface area contributed by atoms with Crippen LogP contribution in [0.2, 0.25) is 0 Å². The van der Waals surface area contributed by atoms with Crippen molar-refractivity contribution in [1.29, 1.82) is 0 Å². The van der Waals surface area contributed by atoms with Gasteiger partial charge >= 0.3 is 0 Å². The summed E-state index contributed by atoms with van der Waals surface area (Å²) in [7, 11) is 4.14. The van der Waals surface area contributed by atoms with Crippen LogP contribution in [0.15, 0.2) is 5.38 Å². The second-order valence-corrected chi connectivity index (χ2v) is 6.39. The Morgan fingerprint density at radius 1 is 1.47 bits per heavy atom. The average molecular weight is 297 g/mol. The first kappa shape index (κ1) is 14.2. The number of thiazole rings is 1. The van der Waals surface area contributed by atoms with Gasteiger partial charge in [-0.15, -0.1) is 11.3 Å². The fourth-order valence-electron chi connectivity index (χ4n) is 1.52. The van der Waals surface area contributed by atoms with Gasteiger partial charge in [-0.1, -0.05) is 0 Å². The van der Waals surface area contributed by atoms with E-state index < -0.39 is 0 Å². The van der Waals surface area contributed by atoms with Gasteiger partial charge in [0.15, 0.2) is 0 Å². The third kappa shape index (κ3) is 3.23. The van der Waals surface area contributed by atoms with Crippen molar-refractivity contribution in [3.05, 3.63) is 11.1 Å². The van der Waals surface area contributed by atoms with E-state index in [0.29, 0.717) is 11.9 Å². The van der Waals surface area contributed by atoms with Gasteiger partial charge < -0.3 is 16.0 Å². The molecule has 19 heavy (non-hydrogen) atoms. The van der Waals surface area contributed by atoms with Crippen LogP contribution < -0.4 is 11.1 Å². The number of rotatable bonds is 5. The molecule has 0 bridgehead atoms. The molecule has 0 aliphatic carbocycles. The van der Waals surface area contributed by atoms with E-state index in [1.165, 1.54) is 11.5 Å². The zero-order chi connectivity index (χ0) is 14.0. The van der Waals surface area contributed by atoms with Gasteiger partial charge in [0.25, 0.3) is 0 Å². The summed E-state index contributed by atoms with van der Waals surface area (Å²) in [4.78, 5) is 6.66. The average Bonchev–Trinajstić information content (AvgIpc) is 2.92. The summed E-state index contributed by atoms with van der Waals surface area (Å²) in [6.45, 7) is 5.01. The van der Waals surface area contributed by atoms with E-state index in [1.807, 2.05) is 12.3 Å². The molecule has 0 spiro atoms. The molecule has 2 heterocycles. The lowest BCUT2D eigenvalue weighted by atomic mass is 10.3. The monoisotopic (exact) mass is 297 g/mol. The van der Waals surface area contributed by atoms with E-state index in [4.69, 9.17) is 5.73 Å². The van der Waals surface area contributed by atoms with E-state index in [2.05, 4.69) is 40.6 Å². The van der Waals surface area contributed by atoms with Gasteiger partial charge in [-0.3, -0.25) is 0 Å². The smallest absolute Gasteiger partial charge is 0.149 e. The number of nitrogens with one attached hydrogen (secondary N) is 1.